The van der Waals surface area contributed by atoms with Gasteiger partial charge in [-0.25, -0.2) is 4.98 Å². The van der Waals surface area contributed by atoms with Crippen LogP contribution in [0.1, 0.15) is 12.0 Å². The van der Waals surface area contributed by atoms with E-state index >= 15 is 0 Å². The molecule has 5 heteroatoms. The van der Waals surface area contributed by atoms with Gasteiger partial charge in [0.15, 0.2) is 0 Å². The van der Waals surface area contributed by atoms with Crippen molar-refractivity contribution in [2.75, 3.05) is 18.5 Å². The number of rotatable bonds is 3. The molecule has 0 spiro atoms. The molecule has 1 heterocycles. The van der Waals surface area contributed by atoms with E-state index in [9.17, 15) is 5.26 Å². The highest BCUT2D eigenvalue weighted by Crippen LogP contribution is 2.24. The van der Waals surface area contributed by atoms with Crippen LogP contribution in [-0.2, 0) is 0 Å². The van der Waals surface area contributed by atoms with Crippen LogP contribution in [0.25, 0.3) is 10.9 Å². The Kier molecular flexibility index (Phi) is 3.85. The molecule has 0 saturated heterocycles. The zero-order chi connectivity index (χ0) is 13.8. The van der Waals surface area contributed by atoms with E-state index in [0.29, 0.717) is 29.4 Å². The largest absolute Gasteiger partial charge is 0.359 e. The van der Waals surface area contributed by atoms with Crippen molar-refractivity contribution in [1.82, 2.24) is 4.98 Å². The Balaban J connectivity index is 2.52. The number of nitrogens with zero attached hydrogens (tertiary/aromatic N) is 4. The molecule has 0 aliphatic carbocycles. The second-order valence-corrected chi connectivity index (χ2v) is 4.57. The van der Waals surface area contributed by atoms with E-state index in [0.717, 1.165) is 10.9 Å². The number of hydrogen-bond acceptors (Lipinski definition) is 4. The van der Waals surface area contributed by atoms with Crippen molar-refractivity contribution in [3.63, 3.8) is 0 Å². The van der Waals surface area contributed by atoms with Gasteiger partial charge in [-0.05, 0) is 24.3 Å². The smallest absolute Gasteiger partial charge is 0.130 e. The molecule has 0 saturated carbocycles. The van der Waals surface area contributed by atoms with Gasteiger partial charge in [-0.2, -0.15) is 10.5 Å². The minimum Gasteiger partial charge on any atom is -0.359 e. The molecule has 0 fully saturated rings. The molecule has 0 bridgehead atoms. The molecule has 0 aliphatic rings. The molecule has 0 N–H and O–H groups in total. The predicted molar refractivity (Wildman–Crippen MR) is 75.0 cm³/mol. The first-order valence-electron chi connectivity index (χ1n) is 5.74. The SMILES string of the molecule is CN(CCC#N)c1cc(C#N)c2cc(Cl)ccc2n1. The fourth-order valence-corrected chi connectivity index (χ4v) is 1.98. The summed E-state index contributed by atoms with van der Waals surface area (Å²) in [6.45, 7) is 0.577. The third-order valence-corrected chi connectivity index (χ3v) is 3.06. The molecule has 2 aromatic rings. The lowest BCUT2D eigenvalue weighted by Crippen LogP contribution is -2.19. The summed E-state index contributed by atoms with van der Waals surface area (Å²) in [7, 11) is 1.85. The summed E-state index contributed by atoms with van der Waals surface area (Å²) in [5.74, 6) is 0.682. The molecule has 0 amide bonds. The van der Waals surface area contributed by atoms with Gasteiger partial charge in [0, 0.05) is 24.0 Å². The molecular formula is C14H11ClN4. The lowest BCUT2D eigenvalue weighted by molar-refractivity contribution is 0.888. The van der Waals surface area contributed by atoms with E-state index in [4.69, 9.17) is 16.9 Å². The monoisotopic (exact) mass is 270 g/mol. The number of hydrogen-bond donors (Lipinski definition) is 0. The van der Waals surface area contributed by atoms with Crippen molar-refractivity contribution in [3.8, 4) is 12.1 Å². The number of fused-ring (bicyclic) bond motifs is 1. The zero-order valence-corrected chi connectivity index (χ0v) is 11.1. The number of nitriles is 2. The summed E-state index contributed by atoms with van der Waals surface area (Å²) >= 11 is 5.93. The predicted octanol–water partition coefficient (Wildman–Crippen LogP) is 3.11. The highest BCUT2D eigenvalue weighted by Gasteiger charge is 2.09. The second kappa shape index (κ2) is 5.56. The molecule has 1 aromatic heterocycles. The summed E-state index contributed by atoms with van der Waals surface area (Å²) in [5.41, 5.74) is 1.26. The molecule has 0 aliphatic heterocycles. The minimum atomic E-state index is 0.415. The Labute approximate surface area is 116 Å². The van der Waals surface area contributed by atoms with E-state index in [2.05, 4.69) is 17.1 Å². The van der Waals surface area contributed by atoms with Crippen molar-refractivity contribution in [2.45, 2.75) is 6.42 Å². The quantitative estimate of drug-likeness (QED) is 0.860. The summed E-state index contributed by atoms with van der Waals surface area (Å²) < 4.78 is 0. The first-order chi connectivity index (χ1) is 9.15. The first-order valence-corrected chi connectivity index (χ1v) is 6.12. The third kappa shape index (κ3) is 2.76. The Bertz CT molecular complexity index is 697. The summed E-state index contributed by atoms with van der Waals surface area (Å²) in [5, 5.41) is 19.1. The third-order valence-electron chi connectivity index (χ3n) is 2.83. The van der Waals surface area contributed by atoms with Crippen molar-refractivity contribution in [2.24, 2.45) is 0 Å². The van der Waals surface area contributed by atoms with Crippen LogP contribution in [0.4, 0.5) is 5.82 Å². The van der Waals surface area contributed by atoms with Crippen LogP contribution in [0, 0.1) is 22.7 Å². The Hall–Kier alpha value is -2.30. The molecule has 1 aromatic carbocycles. The number of benzene rings is 1. The Morgan fingerprint density at radius 2 is 2.11 bits per heavy atom. The van der Waals surface area contributed by atoms with Crippen LogP contribution in [0.3, 0.4) is 0 Å². The molecule has 0 unspecified atom stereocenters. The van der Waals surface area contributed by atoms with Crippen LogP contribution in [0.5, 0.6) is 0 Å². The van der Waals surface area contributed by atoms with Gasteiger partial charge < -0.3 is 4.90 Å². The van der Waals surface area contributed by atoms with E-state index in [1.165, 1.54) is 0 Å². The normalized spacial score (nSPS) is 9.89. The minimum absolute atomic E-state index is 0.415. The van der Waals surface area contributed by atoms with E-state index < -0.39 is 0 Å². The number of aromatic nitrogens is 1. The van der Waals surface area contributed by atoms with Crippen molar-refractivity contribution >= 4 is 28.3 Å². The number of halogens is 1. The maximum atomic E-state index is 9.22. The van der Waals surface area contributed by atoms with Crippen LogP contribution >= 0.6 is 11.6 Å². The maximum Gasteiger partial charge on any atom is 0.130 e. The standard InChI is InChI=1S/C14H11ClN4/c1-19(6-2-5-16)14-7-10(9-17)12-8-11(15)3-4-13(12)18-14/h3-4,7-8H,2,6H2,1H3. The van der Waals surface area contributed by atoms with E-state index in [1.54, 1.807) is 24.3 Å². The van der Waals surface area contributed by atoms with Crippen LogP contribution in [0.15, 0.2) is 24.3 Å². The van der Waals surface area contributed by atoms with Gasteiger partial charge in [0.05, 0.1) is 29.6 Å². The number of anilines is 1. The topological polar surface area (TPSA) is 63.7 Å². The van der Waals surface area contributed by atoms with E-state index in [-0.39, 0.29) is 0 Å². The van der Waals surface area contributed by atoms with Gasteiger partial charge in [-0.1, -0.05) is 11.6 Å². The fourth-order valence-electron chi connectivity index (χ4n) is 1.80. The molecule has 0 radical (unpaired) electrons. The van der Waals surface area contributed by atoms with Gasteiger partial charge >= 0.3 is 0 Å². The van der Waals surface area contributed by atoms with Gasteiger partial charge in [-0.15, -0.1) is 0 Å². The van der Waals surface area contributed by atoms with Gasteiger partial charge in [0.2, 0.25) is 0 Å². The lowest BCUT2D eigenvalue weighted by Gasteiger charge is -2.17. The first kappa shape index (κ1) is 13.1. The summed E-state index contributed by atoms with van der Waals surface area (Å²) in [6.07, 6.45) is 0.415. The fraction of sp³-hybridized carbons (Fsp3) is 0.214. The highest BCUT2D eigenvalue weighted by atomic mass is 35.5. The van der Waals surface area contributed by atoms with Crippen molar-refractivity contribution in [3.05, 3.63) is 34.9 Å². The average molecular weight is 271 g/mol. The summed E-state index contributed by atoms with van der Waals surface area (Å²) in [4.78, 5) is 6.34. The second-order valence-electron chi connectivity index (χ2n) is 4.13. The lowest BCUT2D eigenvalue weighted by atomic mass is 10.1. The maximum absolute atomic E-state index is 9.22. The Morgan fingerprint density at radius 3 is 2.79 bits per heavy atom. The van der Waals surface area contributed by atoms with Crippen LogP contribution in [-0.4, -0.2) is 18.6 Å². The molecule has 2 rings (SSSR count). The average Bonchev–Trinajstić information content (AvgIpc) is 2.43. The van der Waals surface area contributed by atoms with Gasteiger partial charge in [-0.3, -0.25) is 0 Å². The molecule has 19 heavy (non-hydrogen) atoms. The zero-order valence-electron chi connectivity index (χ0n) is 10.4. The van der Waals surface area contributed by atoms with Crippen LogP contribution in [0.2, 0.25) is 5.02 Å². The van der Waals surface area contributed by atoms with E-state index in [1.807, 2.05) is 11.9 Å². The van der Waals surface area contributed by atoms with Crippen LogP contribution < -0.4 is 4.90 Å². The Morgan fingerprint density at radius 1 is 1.32 bits per heavy atom. The highest BCUT2D eigenvalue weighted by molar-refractivity contribution is 6.31. The summed E-state index contributed by atoms with van der Waals surface area (Å²) in [6, 6.07) is 11.2. The van der Waals surface area contributed by atoms with Crippen molar-refractivity contribution in [1.29, 1.82) is 10.5 Å². The molecule has 0 atom stereocenters. The van der Waals surface area contributed by atoms with Crippen molar-refractivity contribution < 1.29 is 0 Å². The molecule has 4 nitrogen and oxygen atoms in total. The van der Waals surface area contributed by atoms with Gasteiger partial charge in [0.1, 0.15) is 5.82 Å². The molecule has 94 valence electrons. The van der Waals surface area contributed by atoms with Gasteiger partial charge in [0.25, 0.3) is 0 Å². The number of pyridine rings is 1. The molecular weight excluding hydrogens is 260 g/mol.